The Hall–Kier alpha value is -2.41. The van der Waals surface area contributed by atoms with Gasteiger partial charge in [-0.25, -0.2) is 4.57 Å². The molecule has 1 nitrogen and oxygen atoms in total. The Morgan fingerprint density at radius 3 is 2.41 bits per heavy atom. The second-order valence-electron chi connectivity index (χ2n) is 9.33. The van der Waals surface area contributed by atoms with Crippen LogP contribution in [0, 0.1) is 19.3 Å². The number of hydrogen-bond donors (Lipinski definition) is 0. The minimum Gasteiger partial charge on any atom is -0.201 e. The van der Waals surface area contributed by atoms with Crippen molar-refractivity contribution in [1.82, 2.24) is 0 Å². The molecule has 1 heteroatoms. The van der Waals surface area contributed by atoms with E-state index < -0.39 is 0 Å². The van der Waals surface area contributed by atoms with Gasteiger partial charge in [0.2, 0.25) is 5.69 Å². The summed E-state index contributed by atoms with van der Waals surface area (Å²) in [7, 11) is 2.18. The lowest BCUT2D eigenvalue weighted by Crippen LogP contribution is -2.32. The fraction of sp³-hybridized carbons (Fsp3) is 0.346. The number of pyridine rings is 1. The van der Waals surface area contributed by atoms with Crippen molar-refractivity contribution in [3.8, 4) is 22.4 Å². The topological polar surface area (TPSA) is 3.88 Å². The summed E-state index contributed by atoms with van der Waals surface area (Å²) in [4.78, 5) is 0. The summed E-state index contributed by atoms with van der Waals surface area (Å²) in [5.74, 6) is 0. The van der Waals surface area contributed by atoms with Gasteiger partial charge in [-0.2, -0.15) is 0 Å². The molecule has 0 N–H and O–H groups in total. The van der Waals surface area contributed by atoms with Gasteiger partial charge in [-0.1, -0.05) is 57.2 Å². The lowest BCUT2D eigenvalue weighted by molar-refractivity contribution is -0.660. The third-order valence-electron chi connectivity index (χ3n) is 5.76. The molecule has 0 saturated carbocycles. The molecule has 0 amide bonds. The highest BCUT2D eigenvalue weighted by atomic mass is 14.9. The zero-order valence-corrected chi connectivity index (χ0v) is 17.5. The van der Waals surface area contributed by atoms with Crippen LogP contribution in [-0.2, 0) is 19.9 Å². The molecule has 3 aromatic rings. The van der Waals surface area contributed by atoms with Crippen molar-refractivity contribution < 1.29 is 4.57 Å². The van der Waals surface area contributed by atoms with E-state index in [1.54, 1.807) is 0 Å². The first-order valence-electron chi connectivity index (χ1n) is 9.95. The van der Waals surface area contributed by atoms with Gasteiger partial charge in [0.1, 0.15) is 7.05 Å². The Morgan fingerprint density at radius 2 is 1.67 bits per heavy atom. The van der Waals surface area contributed by atoms with Gasteiger partial charge in [0.05, 0.1) is 5.56 Å². The largest absolute Gasteiger partial charge is 0.213 e. The molecule has 4 rings (SSSR count). The van der Waals surface area contributed by atoms with Gasteiger partial charge < -0.3 is 0 Å². The summed E-state index contributed by atoms with van der Waals surface area (Å²) in [5, 5.41) is 0. The smallest absolute Gasteiger partial charge is 0.201 e. The van der Waals surface area contributed by atoms with Crippen LogP contribution in [0.1, 0.15) is 48.6 Å². The third-order valence-corrected chi connectivity index (χ3v) is 5.76. The Bertz CT molecular complexity index is 1030. The summed E-state index contributed by atoms with van der Waals surface area (Å²) >= 11 is 0. The van der Waals surface area contributed by atoms with Crippen LogP contribution in [0.5, 0.6) is 0 Å². The quantitative estimate of drug-likeness (QED) is 0.390. The van der Waals surface area contributed by atoms with Gasteiger partial charge in [0.25, 0.3) is 0 Å². The van der Waals surface area contributed by atoms with Gasteiger partial charge >= 0.3 is 0 Å². The molecule has 0 aliphatic heterocycles. The maximum Gasteiger partial charge on any atom is 0.213 e. The van der Waals surface area contributed by atoms with Crippen molar-refractivity contribution in [2.75, 3.05) is 0 Å². The highest BCUT2D eigenvalue weighted by Crippen LogP contribution is 2.42. The van der Waals surface area contributed by atoms with Gasteiger partial charge in [-0.3, -0.25) is 0 Å². The lowest BCUT2D eigenvalue weighted by Gasteiger charge is -2.20. The van der Waals surface area contributed by atoms with E-state index >= 15 is 0 Å². The van der Waals surface area contributed by atoms with Crippen LogP contribution < -0.4 is 4.57 Å². The van der Waals surface area contributed by atoms with E-state index in [0.29, 0.717) is 0 Å². The summed E-state index contributed by atoms with van der Waals surface area (Å²) in [6, 6.07) is 15.9. The van der Waals surface area contributed by atoms with E-state index in [1.807, 2.05) is 0 Å². The first-order valence-corrected chi connectivity index (χ1v) is 9.95. The molecule has 0 unspecified atom stereocenters. The highest BCUT2D eigenvalue weighted by Gasteiger charge is 2.27. The standard InChI is InChI=1S/C26H30N/c1-17-11-12-22-21-10-8-7-9-19(21)13-23(22)25(17)24-14-20(15-26(3,4)5)18(2)16-27(24)6/h7-12,14,16H,13,15H2,1-6H3/q+1. The molecule has 0 radical (unpaired) electrons. The molecule has 1 aromatic heterocycles. The molecule has 2 aromatic carbocycles. The normalized spacial score (nSPS) is 12.8. The number of rotatable bonds is 2. The molecule has 0 bridgehead atoms. The van der Waals surface area contributed by atoms with Gasteiger partial charge in [-0.15, -0.1) is 0 Å². The SMILES string of the molecule is Cc1c[n+](C)c(-c2c(C)ccc3c2Cc2ccccc2-3)cc1CC(C)(C)C. The number of fused-ring (bicyclic) bond motifs is 3. The molecule has 27 heavy (non-hydrogen) atoms. The minimum absolute atomic E-state index is 0.284. The fourth-order valence-electron chi connectivity index (χ4n) is 4.52. The molecular weight excluding hydrogens is 326 g/mol. The van der Waals surface area contributed by atoms with Crippen molar-refractivity contribution in [3.63, 3.8) is 0 Å². The molecule has 138 valence electrons. The van der Waals surface area contributed by atoms with Crippen molar-refractivity contribution in [2.24, 2.45) is 12.5 Å². The fourth-order valence-corrected chi connectivity index (χ4v) is 4.52. The highest BCUT2D eigenvalue weighted by molar-refractivity contribution is 5.84. The number of aromatic nitrogens is 1. The first kappa shape index (κ1) is 18.0. The van der Waals surface area contributed by atoms with Crippen molar-refractivity contribution >= 4 is 0 Å². The van der Waals surface area contributed by atoms with Crippen molar-refractivity contribution in [3.05, 3.63) is 76.5 Å². The lowest BCUT2D eigenvalue weighted by atomic mass is 9.85. The predicted octanol–water partition coefficient (Wildman–Crippen LogP) is 5.95. The Labute approximate surface area is 163 Å². The molecular formula is C26H30N+. The van der Waals surface area contributed by atoms with Crippen LogP contribution in [0.2, 0.25) is 0 Å². The third kappa shape index (κ3) is 3.20. The monoisotopic (exact) mass is 356 g/mol. The summed E-state index contributed by atoms with van der Waals surface area (Å²) in [6.07, 6.45) is 4.43. The second kappa shape index (κ2) is 6.34. The zero-order valence-electron chi connectivity index (χ0n) is 17.5. The average molecular weight is 357 g/mol. The number of hydrogen-bond acceptors (Lipinski definition) is 0. The Kier molecular flexibility index (Phi) is 4.22. The number of aryl methyl sites for hydroxylation is 3. The Balaban J connectivity index is 1.92. The van der Waals surface area contributed by atoms with Gasteiger partial charge in [0.15, 0.2) is 6.20 Å². The molecule has 1 aliphatic carbocycles. The predicted molar refractivity (Wildman–Crippen MR) is 114 cm³/mol. The first-order chi connectivity index (χ1) is 12.7. The molecule has 0 atom stereocenters. The van der Waals surface area contributed by atoms with Crippen molar-refractivity contribution in [1.29, 1.82) is 0 Å². The van der Waals surface area contributed by atoms with Gasteiger partial charge in [0, 0.05) is 11.6 Å². The van der Waals surface area contributed by atoms with Crippen LogP contribution in [-0.4, -0.2) is 0 Å². The summed E-state index contributed by atoms with van der Waals surface area (Å²) in [5.41, 5.74) is 13.0. The molecule has 0 fully saturated rings. The van der Waals surface area contributed by atoms with Crippen LogP contribution in [0.4, 0.5) is 0 Å². The van der Waals surface area contributed by atoms with Crippen molar-refractivity contribution in [2.45, 2.75) is 47.5 Å². The van der Waals surface area contributed by atoms with Gasteiger partial charge in [-0.05, 0) is 65.5 Å². The van der Waals surface area contributed by atoms with E-state index in [0.717, 1.165) is 12.8 Å². The second-order valence-corrected chi connectivity index (χ2v) is 9.33. The average Bonchev–Trinajstić information content (AvgIpc) is 2.95. The van der Waals surface area contributed by atoms with Crippen LogP contribution in [0.15, 0.2) is 48.7 Å². The molecule has 0 saturated heterocycles. The van der Waals surface area contributed by atoms with E-state index in [9.17, 15) is 0 Å². The molecule has 0 spiro atoms. The molecule has 1 aliphatic rings. The maximum atomic E-state index is 2.44. The number of benzene rings is 2. The van der Waals surface area contributed by atoms with E-state index in [-0.39, 0.29) is 5.41 Å². The van der Waals surface area contributed by atoms with E-state index in [1.165, 1.54) is 50.2 Å². The minimum atomic E-state index is 0.284. The maximum absolute atomic E-state index is 2.44. The van der Waals surface area contributed by atoms with Crippen LogP contribution in [0.3, 0.4) is 0 Å². The summed E-state index contributed by atoms with van der Waals surface area (Å²) < 4.78 is 2.31. The molecule has 1 heterocycles. The van der Waals surface area contributed by atoms with E-state index in [4.69, 9.17) is 0 Å². The van der Waals surface area contributed by atoms with Crippen LogP contribution in [0.25, 0.3) is 22.4 Å². The Morgan fingerprint density at radius 1 is 0.926 bits per heavy atom. The summed E-state index contributed by atoms with van der Waals surface area (Å²) in [6.45, 7) is 11.5. The van der Waals surface area contributed by atoms with E-state index in [2.05, 4.69) is 94.9 Å². The zero-order chi connectivity index (χ0) is 19.3. The van der Waals surface area contributed by atoms with Crippen LogP contribution >= 0.6 is 0 Å². The number of nitrogens with zero attached hydrogens (tertiary/aromatic N) is 1.